The molecule has 0 N–H and O–H groups in total. The van der Waals surface area contributed by atoms with Crippen molar-refractivity contribution in [1.82, 2.24) is 0 Å². The Kier molecular flexibility index (Phi) is 17.4. The highest BCUT2D eigenvalue weighted by Crippen LogP contribution is 2.25. The highest BCUT2D eigenvalue weighted by atomic mass is 16.5. The number of benzene rings is 3. The Balaban J connectivity index is 1.30. The van der Waals surface area contributed by atoms with Crippen LogP contribution < -0.4 is 18.9 Å². The van der Waals surface area contributed by atoms with Gasteiger partial charge in [-0.15, -0.1) is 0 Å². The van der Waals surface area contributed by atoms with Crippen LogP contribution in [0, 0.1) is 0 Å². The zero-order valence-corrected chi connectivity index (χ0v) is 26.9. The zero-order valence-electron chi connectivity index (χ0n) is 26.9. The molecule has 0 spiro atoms. The maximum Gasteiger partial charge on any atom is 0.338 e. The Morgan fingerprint density at radius 1 is 0.523 bits per heavy atom. The van der Waals surface area contributed by atoms with E-state index in [4.69, 9.17) is 23.7 Å². The quantitative estimate of drug-likeness (QED) is 0.0749. The minimum Gasteiger partial charge on any atom is -0.493 e. The van der Waals surface area contributed by atoms with Crippen molar-refractivity contribution in [3.05, 3.63) is 83.9 Å². The van der Waals surface area contributed by atoms with Crippen molar-refractivity contribution in [3.8, 4) is 23.0 Å². The first-order chi connectivity index (χ1) is 21.7. The van der Waals surface area contributed by atoms with Gasteiger partial charge in [0, 0.05) is 12.5 Å². The van der Waals surface area contributed by atoms with Crippen LogP contribution in [0.1, 0.15) is 106 Å². The van der Waals surface area contributed by atoms with E-state index in [2.05, 4.69) is 6.92 Å². The van der Waals surface area contributed by atoms with Gasteiger partial charge in [0.15, 0.2) is 0 Å². The number of rotatable bonds is 24. The molecule has 6 nitrogen and oxygen atoms in total. The topological polar surface area (TPSA) is 63.2 Å². The van der Waals surface area contributed by atoms with E-state index in [0.717, 1.165) is 29.9 Å². The summed E-state index contributed by atoms with van der Waals surface area (Å²) in [7, 11) is 1.38. The van der Waals surface area contributed by atoms with Crippen molar-refractivity contribution in [2.75, 3.05) is 26.9 Å². The van der Waals surface area contributed by atoms with Gasteiger partial charge in [0.1, 0.15) is 29.6 Å². The molecule has 0 bridgehead atoms. The SMILES string of the molecule is CCCCCCCCCCCCCCOc1cc(OCCCOc2ccc(OCc3ccccc3)cc2)cc(C(=O)OC)c1. The molecule has 0 unspecified atom stereocenters. The molecular weight excluding hydrogens is 552 g/mol. The third kappa shape index (κ3) is 14.7. The lowest BCUT2D eigenvalue weighted by Gasteiger charge is -2.12. The lowest BCUT2D eigenvalue weighted by molar-refractivity contribution is 0.0599. The molecule has 0 amide bonds. The van der Waals surface area contributed by atoms with Gasteiger partial charge in [-0.25, -0.2) is 4.79 Å². The van der Waals surface area contributed by atoms with Crippen LogP contribution >= 0.6 is 0 Å². The second-order valence-corrected chi connectivity index (χ2v) is 11.2. The predicted octanol–water partition coefficient (Wildman–Crippen LogP) is 9.98. The summed E-state index contributed by atoms with van der Waals surface area (Å²) in [5.41, 5.74) is 1.55. The van der Waals surface area contributed by atoms with Crippen LogP contribution in [0.4, 0.5) is 0 Å². The van der Waals surface area contributed by atoms with Crippen molar-refractivity contribution < 1.29 is 28.5 Å². The lowest BCUT2D eigenvalue weighted by atomic mass is 10.1. The number of carbonyl (C=O) groups is 1. The second kappa shape index (κ2) is 21.9. The molecule has 3 rings (SSSR count). The fraction of sp³-hybridized carbons (Fsp3) is 0.500. The monoisotopic (exact) mass is 604 g/mol. The molecular formula is C38H52O6. The molecule has 6 heteroatoms. The summed E-state index contributed by atoms with van der Waals surface area (Å²) >= 11 is 0. The Hall–Kier alpha value is -3.67. The highest BCUT2D eigenvalue weighted by molar-refractivity contribution is 5.90. The standard InChI is InChI=1S/C38H52O6/c1-3-4-5-6-7-8-9-10-11-12-13-17-25-42-36-28-33(38(39)40-2)29-37(30-36)43-27-18-26-41-34-21-23-35(24-22-34)44-31-32-19-15-14-16-20-32/h14-16,19-24,28-30H,3-13,17-18,25-27,31H2,1-2H3. The fourth-order valence-electron chi connectivity index (χ4n) is 4.92. The molecule has 0 aliphatic heterocycles. The van der Waals surface area contributed by atoms with Crippen LogP contribution in [0.5, 0.6) is 23.0 Å². The molecule has 3 aromatic rings. The third-order valence-electron chi connectivity index (χ3n) is 7.47. The summed E-state index contributed by atoms with van der Waals surface area (Å²) < 4.78 is 28.6. The minimum absolute atomic E-state index is 0.412. The molecule has 0 aromatic heterocycles. The largest absolute Gasteiger partial charge is 0.493 e. The van der Waals surface area contributed by atoms with Crippen molar-refractivity contribution >= 4 is 5.97 Å². The highest BCUT2D eigenvalue weighted by Gasteiger charge is 2.11. The molecule has 0 saturated carbocycles. The van der Waals surface area contributed by atoms with E-state index in [1.54, 1.807) is 12.1 Å². The van der Waals surface area contributed by atoms with Gasteiger partial charge in [0.05, 0.1) is 32.5 Å². The van der Waals surface area contributed by atoms with E-state index < -0.39 is 5.97 Å². The Bertz CT molecular complexity index is 1160. The molecule has 0 heterocycles. The summed E-state index contributed by atoms with van der Waals surface area (Å²) in [5, 5.41) is 0. The molecule has 3 aromatic carbocycles. The molecule has 0 radical (unpaired) electrons. The first kappa shape index (κ1) is 34.8. The van der Waals surface area contributed by atoms with Gasteiger partial charge in [0.2, 0.25) is 0 Å². The molecule has 240 valence electrons. The Morgan fingerprint density at radius 2 is 1.00 bits per heavy atom. The molecule has 0 saturated heterocycles. The summed E-state index contributed by atoms with van der Waals surface area (Å²) in [6.07, 6.45) is 16.3. The molecule has 44 heavy (non-hydrogen) atoms. The van der Waals surface area contributed by atoms with Crippen LogP contribution in [0.2, 0.25) is 0 Å². The van der Waals surface area contributed by atoms with Crippen molar-refractivity contribution in [1.29, 1.82) is 0 Å². The zero-order chi connectivity index (χ0) is 31.1. The molecule has 0 fully saturated rings. The maximum atomic E-state index is 12.2. The van der Waals surface area contributed by atoms with E-state index in [0.29, 0.717) is 49.9 Å². The fourth-order valence-corrected chi connectivity index (χ4v) is 4.92. The number of esters is 1. The number of methoxy groups -OCH3 is 1. The van der Waals surface area contributed by atoms with Crippen LogP contribution in [0.3, 0.4) is 0 Å². The first-order valence-electron chi connectivity index (χ1n) is 16.6. The van der Waals surface area contributed by atoms with Gasteiger partial charge in [0.25, 0.3) is 0 Å². The van der Waals surface area contributed by atoms with Crippen molar-refractivity contribution in [2.45, 2.75) is 97.0 Å². The number of unbranched alkanes of at least 4 members (excludes halogenated alkanes) is 11. The predicted molar refractivity (Wildman–Crippen MR) is 177 cm³/mol. The summed E-state index contributed by atoms with van der Waals surface area (Å²) in [4.78, 5) is 12.2. The molecule has 0 atom stereocenters. The lowest BCUT2D eigenvalue weighted by Crippen LogP contribution is -2.07. The second-order valence-electron chi connectivity index (χ2n) is 11.2. The average Bonchev–Trinajstić information content (AvgIpc) is 3.06. The van der Waals surface area contributed by atoms with Gasteiger partial charge >= 0.3 is 5.97 Å². The average molecular weight is 605 g/mol. The van der Waals surface area contributed by atoms with Crippen LogP contribution in [-0.2, 0) is 11.3 Å². The van der Waals surface area contributed by atoms with E-state index in [1.165, 1.54) is 71.3 Å². The van der Waals surface area contributed by atoms with Crippen molar-refractivity contribution in [3.63, 3.8) is 0 Å². The number of ether oxygens (including phenoxy) is 5. The number of hydrogen-bond donors (Lipinski definition) is 0. The normalized spacial score (nSPS) is 10.8. The minimum atomic E-state index is -0.412. The Morgan fingerprint density at radius 3 is 1.55 bits per heavy atom. The van der Waals surface area contributed by atoms with Crippen LogP contribution in [0.15, 0.2) is 72.8 Å². The van der Waals surface area contributed by atoms with E-state index in [1.807, 2.05) is 60.7 Å². The Labute approximate surface area is 265 Å². The molecule has 0 aliphatic rings. The summed E-state index contributed by atoms with van der Waals surface area (Å²) in [5.74, 6) is 2.37. The number of carbonyl (C=O) groups excluding carboxylic acids is 1. The van der Waals surface area contributed by atoms with Gasteiger partial charge in [-0.1, -0.05) is 108 Å². The maximum absolute atomic E-state index is 12.2. The number of hydrogen-bond acceptors (Lipinski definition) is 6. The summed E-state index contributed by atoms with van der Waals surface area (Å²) in [6, 6.07) is 23.0. The van der Waals surface area contributed by atoms with Crippen LogP contribution in [-0.4, -0.2) is 32.9 Å². The molecule has 0 aliphatic carbocycles. The van der Waals surface area contributed by atoms with Crippen LogP contribution in [0.25, 0.3) is 0 Å². The van der Waals surface area contributed by atoms with Gasteiger partial charge in [-0.3, -0.25) is 0 Å². The van der Waals surface area contributed by atoms with E-state index >= 15 is 0 Å². The first-order valence-corrected chi connectivity index (χ1v) is 16.6. The van der Waals surface area contributed by atoms with E-state index in [-0.39, 0.29) is 0 Å². The van der Waals surface area contributed by atoms with Crippen molar-refractivity contribution in [2.24, 2.45) is 0 Å². The van der Waals surface area contributed by atoms with Gasteiger partial charge in [-0.2, -0.15) is 0 Å². The van der Waals surface area contributed by atoms with E-state index in [9.17, 15) is 4.79 Å². The van der Waals surface area contributed by atoms with Gasteiger partial charge < -0.3 is 23.7 Å². The van der Waals surface area contributed by atoms with Gasteiger partial charge in [-0.05, 0) is 48.4 Å². The third-order valence-corrected chi connectivity index (χ3v) is 7.47. The summed E-state index contributed by atoms with van der Waals surface area (Å²) in [6.45, 7) is 4.36. The smallest absolute Gasteiger partial charge is 0.338 e.